The molecule has 0 saturated heterocycles. The fourth-order valence-electron chi connectivity index (χ4n) is 4.19. The number of carbonyl (C=O) groups excluding carboxylic acids is 1. The Morgan fingerprint density at radius 1 is 0.909 bits per heavy atom. The van der Waals surface area contributed by atoms with Crippen LogP contribution in [0.4, 0.5) is 4.79 Å². The van der Waals surface area contributed by atoms with Crippen molar-refractivity contribution >= 4 is 6.03 Å². The number of rotatable bonds is 5. The van der Waals surface area contributed by atoms with Gasteiger partial charge in [0.1, 0.15) is 0 Å². The van der Waals surface area contributed by atoms with E-state index in [-0.39, 0.29) is 6.03 Å². The molecule has 3 heteroatoms. The van der Waals surface area contributed by atoms with Crippen LogP contribution in [0, 0.1) is 17.8 Å². The summed E-state index contributed by atoms with van der Waals surface area (Å²) in [6, 6.07) is 0.217. The van der Waals surface area contributed by atoms with Crippen LogP contribution >= 0.6 is 0 Å². The minimum absolute atomic E-state index is 0.217. The van der Waals surface area contributed by atoms with Gasteiger partial charge in [-0.05, 0) is 37.0 Å². The first-order valence-corrected chi connectivity index (χ1v) is 9.52. The van der Waals surface area contributed by atoms with Crippen molar-refractivity contribution in [1.82, 2.24) is 9.80 Å². The highest BCUT2D eigenvalue weighted by molar-refractivity contribution is 5.73. The summed E-state index contributed by atoms with van der Waals surface area (Å²) in [6.07, 6.45) is 13.5. The lowest BCUT2D eigenvalue weighted by Gasteiger charge is -2.34. The van der Waals surface area contributed by atoms with Gasteiger partial charge in [-0.3, -0.25) is 0 Å². The van der Waals surface area contributed by atoms with E-state index in [9.17, 15) is 4.79 Å². The molecule has 3 nitrogen and oxygen atoms in total. The lowest BCUT2D eigenvalue weighted by Crippen LogP contribution is -2.43. The van der Waals surface area contributed by atoms with E-state index >= 15 is 0 Å². The summed E-state index contributed by atoms with van der Waals surface area (Å²) in [5, 5.41) is 0. The largest absolute Gasteiger partial charge is 0.331 e. The molecular formula is C19H36N2O. The molecule has 0 aromatic carbocycles. The van der Waals surface area contributed by atoms with Crippen LogP contribution in [0.2, 0.25) is 0 Å². The van der Waals surface area contributed by atoms with E-state index in [1.54, 1.807) is 4.90 Å². The van der Waals surface area contributed by atoms with Crippen LogP contribution in [-0.4, -0.2) is 43.0 Å². The lowest BCUT2D eigenvalue weighted by atomic mass is 9.82. The van der Waals surface area contributed by atoms with Gasteiger partial charge < -0.3 is 9.80 Å². The van der Waals surface area contributed by atoms with Gasteiger partial charge in [-0.1, -0.05) is 51.9 Å². The molecule has 0 aromatic heterocycles. The second kappa shape index (κ2) is 8.79. The SMILES string of the molecule is CC1CCC(CN(CCC2CCCCC2)C(=O)N(C)C)CC1. The van der Waals surface area contributed by atoms with Gasteiger partial charge in [-0.15, -0.1) is 0 Å². The van der Waals surface area contributed by atoms with Crippen molar-refractivity contribution in [1.29, 1.82) is 0 Å². The fraction of sp³-hybridized carbons (Fsp3) is 0.947. The van der Waals surface area contributed by atoms with Crippen molar-refractivity contribution in [2.24, 2.45) is 17.8 Å². The third-order valence-corrected chi connectivity index (χ3v) is 5.80. The summed E-state index contributed by atoms with van der Waals surface area (Å²) >= 11 is 0. The van der Waals surface area contributed by atoms with Crippen molar-refractivity contribution in [3.63, 3.8) is 0 Å². The van der Waals surface area contributed by atoms with E-state index in [1.165, 1.54) is 64.2 Å². The smallest absolute Gasteiger partial charge is 0.319 e. The zero-order valence-corrected chi connectivity index (χ0v) is 15.0. The predicted octanol–water partition coefficient (Wildman–Crippen LogP) is 4.77. The highest BCUT2D eigenvalue weighted by atomic mass is 16.2. The minimum Gasteiger partial charge on any atom is -0.331 e. The maximum atomic E-state index is 12.5. The fourth-order valence-corrected chi connectivity index (χ4v) is 4.19. The van der Waals surface area contributed by atoms with E-state index in [1.807, 2.05) is 14.1 Å². The normalized spacial score (nSPS) is 26.7. The molecule has 2 aliphatic carbocycles. The maximum Gasteiger partial charge on any atom is 0.319 e. The first-order valence-electron chi connectivity index (χ1n) is 9.52. The third-order valence-electron chi connectivity index (χ3n) is 5.80. The molecule has 2 fully saturated rings. The molecule has 0 aliphatic heterocycles. The Labute approximate surface area is 137 Å². The van der Waals surface area contributed by atoms with Gasteiger partial charge in [0.2, 0.25) is 0 Å². The minimum atomic E-state index is 0.217. The van der Waals surface area contributed by atoms with Crippen LogP contribution in [0.25, 0.3) is 0 Å². The molecule has 0 bridgehead atoms. The standard InChI is InChI=1S/C19H36N2O/c1-16-9-11-18(12-10-16)15-21(19(22)20(2)3)14-13-17-7-5-4-6-8-17/h16-18H,4-15H2,1-3H3. The highest BCUT2D eigenvalue weighted by Crippen LogP contribution is 2.30. The second-order valence-corrected chi connectivity index (χ2v) is 8.04. The highest BCUT2D eigenvalue weighted by Gasteiger charge is 2.25. The number of nitrogens with zero attached hydrogens (tertiary/aromatic N) is 2. The van der Waals surface area contributed by atoms with Gasteiger partial charge in [-0.2, -0.15) is 0 Å². The average Bonchev–Trinajstić information content (AvgIpc) is 2.53. The topological polar surface area (TPSA) is 23.6 Å². The van der Waals surface area contributed by atoms with E-state index in [0.717, 1.165) is 30.8 Å². The summed E-state index contributed by atoms with van der Waals surface area (Å²) in [4.78, 5) is 16.4. The van der Waals surface area contributed by atoms with Crippen molar-refractivity contribution in [2.75, 3.05) is 27.2 Å². The molecule has 128 valence electrons. The molecule has 2 saturated carbocycles. The summed E-state index contributed by atoms with van der Waals surface area (Å²) in [5.74, 6) is 2.47. The van der Waals surface area contributed by atoms with E-state index < -0.39 is 0 Å². The zero-order chi connectivity index (χ0) is 15.9. The van der Waals surface area contributed by atoms with Gasteiger partial charge in [0.25, 0.3) is 0 Å². The van der Waals surface area contributed by atoms with E-state index in [2.05, 4.69) is 11.8 Å². The molecule has 2 aliphatic rings. The Kier molecular flexibility index (Phi) is 7.04. The van der Waals surface area contributed by atoms with E-state index in [4.69, 9.17) is 0 Å². The van der Waals surface area contributed by atoms with Gasteiger partial charge >= 0.3 is 6.03 Å². The van der Waals surface area contributed by atoms with Crippen molar-refractivity contribution in [2.45, 2.75) is 71.1 Å². The molecule has 0 radical (unpaired) electrons. The predicted molar refractivity (Wildman–Crippen MR) is 93.0 cm³/mol. The molecule has 0 heterocycles. The Balaban J connectivity index is 1.83. The van der Waals surface area contributed by atoms with Crippen molar-refractivity contribution < 1.29 is 4.79 Å². The van der Waals surface area contributed by atoms with E-state index in [0.29, 0.717) is 0 Å². The number of urea groups is 1. The number of hydrogen-bond acceptors (Lipinski definition) is 1. The number of hydrogen-bond donors (Lipinski definition) is 0. The second-order valence-electron chi connectivity index (χ2n) is 8.04. The van der Waals surface area contributed by atoms with Crippen molar-refractivity contribution in [3.05, 3.63) is 0 Å². The molecule has 0 aromatic rings. The van der Waals surface area contributed by atoms with Crippen LogP contribution < -0.4 is 0 Å². The van der Waals surface area contributed by atoms with Crippen LogP contribution in [0.1, 0.15) is 71.1 Å². The summed E-state index contributed by atoms with van der Waals surface area (Å²) < 4.78 is 0. The number of carbonyl (C=O) groups is 1. The third kappa shape index (κ3) is 5.48. The van der Waals surface area contributed by atoms with Gasteiger partial charge in [-0.25, -0.2) is 4.79 Å². The van der Waals surface area contributed by atoms with Crippen LogP contribution in [0.15, 0.2) is 0 Å². The molecule has 22 heavy (non-hydrogen) atoms. The monoisotopic (exact) mass is 308 g/mol. The van der Waals surface area contributed by atoms with Crippen LogP contribution in [0.3, 0.4) is 0 Å². The zero-order valence-electron chi connectivity index (χ0n) is 15.0. The molecule has 2 rings (SSSR count). The van der Waals surface area contributed by atoms with Gasteiger partial charge in [0.15, 0.2) is 0 Å². The Morgan fingerprint density at radius 2 is 1.55 bits per heavy atom. The molecule has 0 atom stereocenters. The molecule has 0 N–H and O–H groups in total. The van der Waals surface area contributed by atoms with Crippen molar-refractivity contribution in [3.8, 4) is 0 Å². The summed E-state index contributed by atoms with van der Waals surface area (Å²) in [5.41, 5.74) is 0. The first kappa shape index (κ1) is 17.6. The first-order chi connectivity index (χ1) is 10.6. The lowest BCUT2D eigenvalue weighted by molar-refractivity contribution is 0.143. The Morgan fingerprint density at radius 3 is 2.14 bits per heavy atom. The van der Waals surface area contributed by atoms with Crippen LogP contribution in [-0.2, 0) is 0 Å². The number of amides is 2. The molecule has 2 amide bonds. The van der Waals surface area contributed by atoms with Crippen LogP contribution in [0.5, 0.6) is 0 Å². The molecule has 0 unspecified atom stereocenters. The quantitative estimate of drug-likeness (QED) is 0.718. The summed E-state index contributed by atoms with van der Waals surface area (Å²) in [6.45, 7) is 4.31. The maximum absolute atomic E-state index is 12.5. The molecule has 0 spiro atoms. The Hall–Kier alpha value is -0.730. The van der Waals surface area contributed by atoms with Gasteiger partial charge in [0, 0.05) is 27.2 Å². The Bertz CT molecular complexity index is 328. The average molecular weight is 309 g/mol. The van der Waals surface area contributed by atoms with Gasteiger partial charge in [0.05, 0.1) is 0 Å². The summed E-state index contributed by atoms with van der Waals surface area (Å²) in [7, 11) is 3.78. The molecular weight excluding hydrogens is 272 g/mol.